The summed E-state index contributed by atoms with van der Waals surface area (Å²) in [6, 6.07) is 4.31. The molecule has 0 saturated heterocycles. The van der Waals surface area contributed by atoms with E-state index in [0.717, 1.165) is 36.8 Å². The van der Waals surface area contributed by atoms with Gasteiger partial charge < -0.3 is 9.64 Å². The maximum Gasteiger partial charge on any atom is 0.130 e. The summed E-state index contributed by atoms with van der Waals surface area (Å²) in [5, 5.41) is 0. The molecule has 1 rings (SSSR count). The molecule has 0 amide bonds. The van der Waals surface area contributed by atoms with Crippen LogP contribution in [-0.4, -0.2) is 31.1 Å². The van der Waals surface area contributed by atoms with E-state index < -0.39 is 0 Å². The summed E-state index contributed by atoms with van der Waals surface area (Å²) < 4.78 is 6.49. The molecule has 0 unspecified atom stereocenters. The molecule has 0 bridgehead atoms. The van der Waals surface area contributed by atoms with Crippen molar-refractivity contribution in [2.24, 2.45) is 5.92 Å². The second kappa shape index (κ2) is 10.5. The van der Waals surface area contributed by atoms with Crippen LogP contribution in [0.3, 0.4) is 0 Å². The molecule has 0 radical (unpaired) electrons. The lowest BCUT2D eigenvalue weighted by Gasteiger charge is -2.26. The topological polar surface area (TPSA) is 12.5 Å². The smallest absolute Gasteiger partial charge is 0.130 e. The van der Waals surface area contributed by atoms with Crippen molar-refractivity contribution in [3.63, 3.8) is 0 Å². The van der Waals surface area contributed by atoms with Gasteiger partial charge >= 0.3 is 0 Å². The van der Waals surface area contributed by atoms with E-state index in [9.17, 15) is 0 Å². The van der Waals surface area contributed by atoms with Crippen LogP contribution >= 0.6 is 0 Å². The second-order valence-electron chi connectivity index (χ2n) is 7.71. The third-order valence-corrected chi connectivity index (χ3v) is 4.49. The number of hydrogen-bond acceptors (Lipinski definition) is 2. The monoisotopic (exact) mass is 343 g/mol. The molecule has 1 aromatic carbocycles. The molecule has 2 nitrogen and oxygen atoms in total. The van der Waals surface area contributed by atoms with Crippen LogP contribution in [0.15, 0.2) is 30.4 Å². The first-order valence-corrected chi connectivity index (χ1v) is 9.53. The molecular formula is C23H37NO. The van der Waals surface area contributed by atoms with E-state index in [-0.39, 0.29) is 6.10 Å². The Hall–Kier alpha value is -1.54. The lowest BCUT2D eigenvalue weighted by Crippen LogP contribution is -2.34. The minimum Gasteiger partial charge on any atom is -0.488 e. The predicted molar refractivity (Wildman–Crippen MR) is 111 cm³/mol. The zero-order valence-corrected chi connectivity index (χ0v) is 17.4. The van der Waals surface area contributed by atoms with Crippen LogP contribution in [0.25, 0.3) is 6.08 Å². The first-order chi connectivity index (χ1) is 11.7. The number of ether oxygens (including phenoxy) is 1. The second-order valence-corrected chi connectivity index (χ2v) is 7.71. The summed E-state index contributed by atoms with van der Waals surface area (Å²) in [6.45, 7) is 19.1. The maximum atomic E-state index is 6.49. The van der Waals surface area contributed by atoms with Crippen molar-refractivity contribution in [2.75, 3.05) is 20.1 Å². The molecule has 0 N–H and O–H groups in total. The standard InChI is InChI=1S/C23H37NO/c1-9-21(16-24(8)15-14-18(4)5)25-23-20(7)12-11-19(6)22(23)13-10-17(2)3/h10-13,18,21H,2,9,14-16H2,1,3-8H3/b13-10-/t21-/m1/s1. The van der Waals surface area contributed by atoms with Crippen molar-refractivity contribution in [1.82, 2.24) is 4.90 Å². The van der Waals surface area contributed by atoms with Gasteiger partial charge in [-0.2, -0.15) is 0 Å². The highest BCUT2D eigenvalue weighted by Crippen LogP contribution is 2.30. The largest absolute Gasteiger partial charge is 0.488 e. The van der Waals surface area contributed by atoms with Crippen LogP contribution in [0, 0.1) is 19.8 Å². The molecule has 0 aromatic heterocycles. The Morgan fingerprint density at radius 2 is 1.88 bits per heavy atom. The van der Waals surface area contributed by atoms with Gasteiger partial charge in [-0.3, -0.25) is 0 Å². The van der Waals surface area contributed by atoms with Crippen molar-refractivity contribution < 1.29 is 4.74 Å². The van der Waals surface area contributed by atoms with Crippen molar-refractivity contribution >= 4 is 6.08 Å². The average molecular weight is 344 g/mol. The van der Waals surface area contributed by atoms with Crippen LogP contribution in [0.1, 0.15) is 57.2 Å². The SMILES string of the molecule is C=C(C)/C=C\c1c(C)ccc(C)c1O[C@H](CC)CN(C)CCC(C)C. The Balaban J connectivity index is 2.94. The maximum absolute atomic E-state index is 6.49. The van der Waals surface area contributed by atoms with Crippen molar-refractivity contribution in [1.29, 1.82) is 0 Å². The Morgan fingerprint density at radius 1 is 1.24 bits per heavy atom. The number of allylic oxidation sites excluding steroid dienone is 2. The van der Waals surface area contributed by atoms with Gasteiger partial charge in [-0.25, -0.2) is 0 Å². The first-order valence-electron chi connectivity index (χ1n) is 9.53. The molecule has 0 aliphatic rings. The Labute approximate surface area is 155 Å². The van der Waals surface area contributed by atoms with Gasteiger partial charge in [-0.1, -0.05) is 57.2 Å². The molecule has 0 aliphatic carbocycles. The molecular weight excluding hydrogens is 306 g/mol. The van der Waals surface area contributed by atoms with Gasteiger partial charge in [0.05, 0.1) is 0 Å². The van der Waals surface area contributed by atoms with Gasteiger partial charge in [0.15, 0.2) is 0 Å². The van der Waals surface area contributed by atoms with E-state index in [2.05, 4.69) is 77.4 Å². The average Bonchev–Trinajstić information content (AvgIpc) is 2.54. The minimum absolute atomic E-state index is 0.203. The normalized spacial score (nSPS) is 13.0. The van der Waals surface area contributed by atoms with Crippen LogP contribution in [0.2, 0.25) is 0 Å². The summed E-state index contributed by atoms with van der Waals surface area (Å²) in [5.74, 6) is 1.75. The molecule has 1 atom stereocenters. The zero-order valence-electron chi connectivity index (χ0n) is 17.4. The number of hydrogen-bond donors (Lipinski definition) is 0. The molecule has 0 aliphatic heterocycles. The highest BCUT2D eigenvalue weighted by molar-refractivity contribution is 5.64. The molecule has 0 heterocycles. The van der Waals surface area contributed by atoms with E-state index in [1.807, 2.05) is 6.92 Å². The van der Waals surface area contributed by atoms with Crippen molar-refractivity contribution in [2.45, 2.75) is 60.5 Å². The molecule has 25 heavy (non-hydrogen) atoms. The van der Waals surface area contributed by atoms with Gasteiger partial charge in [-0.05, 0) is 64.3 Å². The lowest BCUT2D eigenvalue weighted by molar-refractivity contribution is 0.140. The number of rotatable bonds is 10. The van der Waals surface area contributed by atoms with Gasteiger partial charge in [0.1, 0.15) is 11.9 Å². The molecule has 0 spiro atoms. The molecule has 140 valence electrons. The van der Waals surface area contributed by atoms with Crippen molar-refractivity contribution in [3.05, 3.63) is 47.1 Å². The van der Waals surface area contributed by atoms with Crippen LogP contribution in [-0.2, 0) is 0 Å². The van der Waals surface area contributed by atoms with E-state index in [1.165, 1.54) is 23.1 Å². The van der Waals surface area contributed by atoms with E-state index in [0.29, 0.717) is 0 Å². The predicted octanol–water partition coefficient (Wildman–Crippen LogP) is 6.03. The van der Waals surface area contributed by atoms with Crippen molar-refractivity contribution in [3.8, 4) is 5.75 Å². The van der Waals surface area contributed by atoms with Crippen LogP contribution in [0.5, 0.6) is 5.75 Å². The number of nitrogens with zero attached hydrogens (tertiary/aromatic N) is 1. The Morgan fingerprint density at radius 3 is 2.44 bits per heavy atom. The summed E-state index contributed by atoms with van der Waals surface area (Å²) in [4.78, 5) is 2.39. The lowest BCUT2D eigenvalue weighted by atomic mass is 10.0. The summed E-state index contributed by atoms with van der Waals surface area (Å²) in [6.07, 6.45) is 6.63. The third kappa shape index (κ3) is 7.48. The Bertz CT molecular complexity index is 586. The minimum atomic E-state index is 0.203. The fourth-order valence-corrected chi connectivity index (χ4v) is 2.73. The van der Waals surface area contributed by atoms with Gasteiger partial charge in [-0.15, -0.1) is 0 Å². The summed E-state index contributed by atoms with van der Waals surface area (Å²) in [5.41, 5.74) is 4.65. The fourth-order valence-electron chi connectivity index (χ4n) is 2.73. The Kier molecular flexibility index (Phi) is 8.99. The molecule has 1 aromatic rings. The van der Waals surface area contributed by atoms with E-state index >= 15 is 0 Å². The number of likely N-dealkylation sites (N-methyl/N-ethyl adjacent to an activating group) is 1. The summed E-state index contributed by atoms with van der Waals surface area (Å²) in [7, 11) is 2.19. The van der Waals surface area contributed by atoms with Gasteiger partial charge in [0, 0.05) is 12.1 Å². The quantitative estimate of drug-likeness (QED) is 0.481. The molecule has 0 saturated carbocycles. The number of aryl methyl sites for hydroxylation is 2. The zero-order chi connectivity index (χ0) is 19.0. The van der Waals surface area contributed by atoms with Crippen LogP contribution in [0.4, 0.5) is 0 Å². The number of benzene rings is 1. The first kappa shape index (κ1) is 21.5. The molecule has 2 heteroatoms. The third-order valence-electron chi connectivity index (χ3n) is 4.49. The highest BCUT2D eigenvalue weighted by Gasteiger charge is 2.16. The van der Waals surface area contributed by atoms with Crippen LogP contribution < -0.4 is 4.74 Å². The summed E-state index contributed by atoms with van der Waals surface area (Å²) >= 11 is 0. The van der Waals surface area contributed by atoms with E-state index in [1.54, 1.807) is 0 Å². The highest BCUT2D eigenvalue weighted by atomic mass is 16.5. The van der Waals surface area contributed by atoms with Gasteiger partial charge in [0.25, 0.3) is 0 Å². The fraction of sp³-hybridized carbons (Fsp3) is 0.565. The van der Waals surface area contributed by atoms with E-state index in [4.69, 9.17) is 4.74 Å². The van der Waals surface area contributed by atoms with Gasteiger partial charge in [0.2, 0.25) is 0 Å². The molecule has 0 fully saturated rings.